The van der Waals surface area contributed by atoms with E-state index in [0.29, 0.717) is 10.6 Å². The summed E-state index contributed by atoms with van der Waals surface area (Å²) in [5.41, 5.74) is 0.667. The number of hydrogen-bond donors (Lipinski definition) is 1. The molecule has 2 aromatic heterocycles. The predicted molar refractivity (Wildman–Crippen MR) is 96.2 cm³/mol. The third-order valence-electron chi connectivity index (χ3n) is 3.66. The van der Waals surface area contributed by atoms with Gasteiger partial charge in [0.05, 0.1) is 11.1 Å². The maximum atomic E-state index is 12.7. The van der Waals surface area contributed by atoms with Gasteiger partial charge in [-0.15, -0.1) is 24.5 Å². The van der Waals surface area contributed by atoms with Crippen LogP contribution < -0.4 is 10.1 Å². The quantitative estimate of drug-likeness (QED) is 0.511. The number of alkyl halides is 3. The molecular formula is C18H10F3N3O3S. The van der Waals surface area contributed by atoms with Gasteiger partial charge in [-0.2, -0.15) is 0 Å². The van der Waals surface area contributed by atoms with Crippen molar-refractivity contribution in [3.63, 3.8) is 0 Å². The number of rotatable bonds is 4. The SMILES string of the molecule is O=C(Nc1nccs1)c1cccc2nc(-c3ccccc3OC(F)(F)F)oc12. The number of thiazole rings is 1. The summed E-state index contributed by atoms with van der Waals surface area (Å²) in [6.07, 6.45) is -3.31. The standard InChI is InChI=1S/C18H10F3N3O3S/c19-18(20,21)27-13-7-2-1-4-10(13)16-23-12-6-3-5-11(14(12)26-16)15(25)24-17-22-8-9-28-17/h1-9H,(H,22,24,25). The second-order valence-corrected chi connectivity index (χ2v) is 6.40. The highest BCUT2D eigenvalue weighted by Crippen LogP contribution is 2.35. The fourth-order valence-electron chi connectivity index (χ4n) is 2.55. The Bertz CT molecular complexity index is 1140. The first-order chi connectivity index (χ1) is 13.4. The lowest BCUT2D eigenvalue weighted by Gasteiger charge is -2.11. The van der Waals surface area contributed by atoms with Crippen LogP contribution in [0.5, 0.6) is 5.75 Å². The van der Waals surface area contributed by atoms with Crippen molar-refractivity contribution in [2.75, 3.05) is 5.32 Å². The Morgan fingerprint density at radius 3 is 2.71 bits per heavy atom. The van der Waals surface area contributed by atoms with Crippen LogP contribution in [0.1, 0.15) is 10.4 Å². The van der Waals surface area contributed by atoms with Gasteiger partial charge in [0.2, 0.25) is 5.89 Å². The number of ether oxygens (including phenoxy) is 1. The molecule has 4 aromatic rings. The van der Waals surface area contributed by atoms with Gasteiger partial charge >= 0.3 is 6.36 Å². The van der Waals surface area contributed by atoms with Gasteiger partial charge in [0.25, 0.3) is 5.91 Å². The molecule has 0 saturated heterocycles. The lowest BCUT2D eigenvalue weighted by Crippen LogP contribution is -2.17. The molecule has 28 heavy (non-hydrogen) atoms. The fourth-order valence-corrected chi connectivity index (χ4v) is 3.07. The molecular weight excluding hydrogens is 395 g/mol. The highest BCUT2D eigenvalue weighted by Gasteiger charge is 2.32. The van der Waals surface area contributed by atoms with E-state index in [-0.39, 0.29) is 22.6 Å². The van der Waals surface area contributed by atoms with Gasteiger partial charge in [-0.1, -0.05) is 18.2 Å². The van der Waals surface area contributed by atoms with E-state index in [1.165, 1.54) is 35.6 Å². The highest BCUT2D eigenvalue weighted by molar-refractivity contribution is 7.13. The predicted octanol–water partition coefficient (Wildman–Crippen LogP) is 5.10. The number of benzene rings is 2. The molecule has 6 nitrogen and oxygen atoms in total. The molecule has 142 valence electrons. The average Bonchev–Trinajstić information content (AvgIpc) is 3.29. The molecule has 0 radical (unpaired) electrons. The first-order valence-electron chi connectivity index (χ1n) is 7.86. The molecule has 0 atom stereocenters. The topological polar surface area (TPSA) is 77.2 Å². The Morgan fingerprint density at radius 1 is 1.14 bits per heavy atom. The normalized spacial score (nSPS) is 11.5. The molecule has 1 N–H and O–H groups in total. The molecule has 0 fully saturated rings. The van der Waals surface area contributed by atoms with E-state index in [2.05, 4.69) is 20.0 Å². The molecule has 0 aliphatic carbocycles. The second kappa shape index (κ2) is 6.97. The van der Waals surface area contributed by atoms with Gasteiger partial charge in [-0.25, -0.2) is 9.97 Å². The maximum Gasteiger partial charge on any atom is 0.573 e. The second-order valence-electron chi connectivity index (χ2n) is 5.51. The van der Waals surface area contributed by atoms with E-state index in [1.807, 2.05) is 0 Å². The molecule has 0 saturated carbocycles. The molecule has 2 heterocycles. The Morgan fingerprint density at radius 2 is 1.96 bits per heavy atom. The zero-order valence-corrected chi connectivity index (χ0v) is 14.7. The minimum atomic E-state index is -4.86. The fraction of sp³-hybridized carbons (Fsp3) is 0.0556. The first-order valence-corrected chi connectivity index (χ1v) is 8.74. The van der Waals surface area contributed by atoms with Crippen molar-refractivity contribution >= 4 is 33.5 Å². The van der Waals surface area contributed by atoms with E-state index in [1.54, 1.807) is 23.7 Å². The van der Waals surface area contributed by atoms with Crippen molar-refractivity contribution in [2.45, 2.75) is 6.36 Å². The number of carbonyl (C=O) groups excluding carboxylic acids is 1. The van der Waals surface area contributed by atoms with Gasteiger partial charge in [-0.05, 0) is 24.3 Å². The van der Waals surface area contributed by atoms with Gasteiger partial charge in [0.15, 0.2) is 10.7 Å². The molecule has 0 aliphatic heterocycles. The summed E-state index contributed by atoms with van der Waals surface area (Å²) in [5.74, 6) is -1.01. The molecule has 0 bridgehead atoms. The van der Waals surface area contributed by atoms with Crippen LogP contribution in [0.25, 0.3) is 22.6 Å². The van der Waals surface area contributed by atoms with Crippen LogP contribution in [-0.4, -0.2) is 22.2 Å². The van der Waals surface area contributed by atoms with Crippen molar-refractivity contribution in [3.05, 3.63) is 59.6 Å². The number of halogens is 3. The minimum absolute atomic E-state index is 0.0160. The van der Waals surface area contributed by atoms with Crippen molar-refractivity contribution in [2.24, 2.45) is 0 Å². The van der Waals surface area contributed by atoms with Gasteiger partial charge in [-0.3, -0.25) is 10.1 Å². The third kappa shape index (κ3) is 3.67. The number of nitrogens with one attached hydrogen (secondary N) is 1. The number of anilines is 1. The summed E-state index contributed by atoms with van der Waals surface area (Å²) >= 11 is 1.25. The Kier molecular flexibility index (Phi) is 4.47. The lowest BCUT2D eigenvalue weighted by atomic mass is 10.2. The minimum Gasteiger partial charge on any atom is -0.435 e. The van der Waals surface area contributed by atoms with E-state index >= 15 is 0 Å². The van der Waals surface area contributed by atoms with Crippen LogP contribution in [0.3, 0.4) is 0 Å². The summed E-state index contributed by atoms with van der Waals surface area (Å²) < 4.78 is 47.7. The van der Waals surface area contributed by atoms with Gasteiger partial charge < -0.3 is 9.15 Å². The van der Waals surface area contributed by atoms with Crippen LogP contribution in [0.4, 0.5) is 18.3 Å². The zero-order valence-electron chi connectivity index (χ0n) is 13.9. The molecule has 0 spiro atoms. The third-order valence-corrected chi connectivity index (χ3v) is 4.34. The van der Waals surface area contributed by atoms with Crippen LogP contribution in [-0.2, 0) is 0 Å². The summed E-state index contributed by atoms with van der Waals surface area (Å²) in [5, 5.41) is 4.75. The number of hydrogen-bond acceptors (Lipinski definition) is 6. The van der Waals surface area contributed by atoms with E-state index in [9.17, 15) is 18.0 Å². The number of amides is 1. The average molecular weight is 405 g/mol. The number of fused-ring (bicyclic) bond motifs is 1. The molecule has 10 heteroatoms. The first kappa shape index (κ1) is 18.0. The Hall–Kier alpha value is -3.40. The summed E-state index contributed by atoms with van der Waals surface area (Å²) in [4.78, 5) is 20.7. The van der Waals surface area contributed by atoms with Crippen LogP contribution in [0.2, 0.25) is 0 Å². The monoisotopic (exact) mass is 405 g/mol. The number of nitrogens with zero attached hydrogens (tertiary/aromatic N) is 2. The number of carbonyl (C=O) groups is 1. The summed E-state index contributed by atoms with van der Waals surface area (Å²) in [6, 6.07) is 10.2. The maximum absolute atomic E-state index is 12.7. The Labute approximate surface area is 159 Å². The smallest absolute Gasteiger partial charge is 0.435 e. The molecule has 2 aromatic carbocycles. The largest absolute Gasteiger partial charge is 0.573 e. The summed E-state index contributed by atoms with van der Waals surface area (Å²) in [7, 11) is 0. The van der Waals surface area contributed by atoms with Gasteiger partial charge in [0, 0.05) is 11.6 Å². The van der Waals surface area contributed by atoms with E-state index in [0.717, 1.165) is 6.07 Å². The number of oxazole rings is 1. The van der Waals surface area contributed by atoms with E-state index in [4.69, 9.17) is 4.42 Å². The van der Waals surface area contributed by atoms with Crippen LogP contribution in [0, 0.1) is 0 Å². The van der Waals surface area contributed by atoms with Gasteiger partial charge in [0.1, 0.15) is 11.3 Å². The highest BCUT2D eigenvalue weighted by atomic mass is 32.1. The van der Waals surface area contributed by atoms with E-state index < -0.39 is 18.0 Å². The van der Waals surface area contributed by atoms with Crippen LogP contribution >= 0.6 is 11.3 Å². The molecule has 0 aliphatic rings. The molecule has 0 unspecified atom stereocenters. The Balaban J connectivity index is 1.75. The number of para-hydroxylation sites is 2. The zero-order chi connectivity index (χ0) is 19.7. The van der Waals surface area contributed by atoms with Crippen molar-refractivity contribution in [3.8, 4) is 17.2 Å². The summed E-state index contributed by atoms with van der Waals surface area (Å²) in [6.45, 7) is 0. The molecule has 1 amide bonds. The van der Waals surface area contributed by atoms with Crippen molar-refractivity contribution in [1.29, 1.82) is 0 Å². The lowest BCUT2D eigenvalue weighted by molar-refractivity contribution is -0.274. The van der Waals surface area contributed by atoms with Crippen molar-refractivity contribution in [1.82, 2.24) is 9.97 Å². The molecule has 4 rings (SSSR count). The van der Waals surface area contributed by atoms with Crippen molar-refractivity contribution < 1.29 is 27.1 Å². The number of aromatic nitrogens is 2. The van der Waals surface area contributed by atoms with Crippen LogP contribution in [0.15, 0.2) is 58.5 Å².